The Morgan fingerprint density at radius 2 is 1.83 bits per heavy atom. The van der Waals surface area contributed by atoms with Crippen molar-refractivity contribution >= 4 is 27.3 Å². The first kappa shape index (κ1) is 13.8. The van der Waals surface area contributed by atoms with Crippen molar-refractivity contribution in [3.8, 4) is 0 Å². The van der Waals surface area contributed by atoms with Crippen molar-refractivity contribution in [2.24, 2.45) is 5.73 Å². The Morgan fingerprint density at radius 3 is 2.33 bits per heavy atom. The average Bonchev–Trinajstić information content (AvgIpc) is 2.62. The van der Waals surface area contributed by atoms with Gasteiger partial charge in [-0.25, -0.2) is 0 Å². The van der Waals surface area contributed by atoms with Gasteiger partial charge in [0.1, 0.15) is 0 Å². The van der Waals surface area contributed by atoms with Gasteiger partial charge in [-0.05, 0) is 64.8 Å². The molecule has 18 heavy (non-hydrogen) atoms. The highest BCUT2D eigenvalue weighted by molar-refractivity contribution is 9.10. The second kappa shape index (κ2) is 5.55. The van der Waals surface area contributed by atoms with Gasteiger partial charge in [-0.1, -0.05) is 17.7 Å². The molecule has 1 atom stereocenters. The van der Waals surface area contributed by atoms with E-state index in [-0.39, 0.29) is 6.04 Å². The van der Waals surface area contributed by atoms with Crippen LogP contribution >= 0.6 is 27.3 Å². The fraction of sp³-hybridized carbons (Fsp3) is 0.333. The first-order valence-electron chi connectivity index (χ1n) is 6.04. The summed E-state index contributed by atoms with van der Waals surface area (Å²) < 4.78 is 1.17. The molecular weight excluding hydrogens is 306 g/mol. The van der Waals surface area contributed by atoms with Crippen molar-refractivity contribution in [1.82, 2.24) is 0 Å². The largest absolute Gasteiger partial charge is 0.324 e. The van der Waals surface area contributed by atoms with Crippen molar-refractivity contribution in [3.63, 3.8) is 0 Å². The third-order valence-electron chi connectivity index (χ3n) is 3.21. The molecule has 1 unspecified atom stereocenters. The van der Waals surface area contributed by atoms with E-state index in [0.717, 1.165) is 6.42 Å². The molecule has 0 aliphatic rings. The topological polar surface area (TPSA) is 26.0 Å². The fourth-order valence-electron chi connectivity index (χ4n) is 2.55. The Bertz CT molecular complexity index is 536. The highest BCUT2D eigenvalue weighted by Crippen LogP contribution is 2.30. The van der Waals surface area contributed by atoms with Gasteiger partial charge in [-0.15, -0.1) is 11.3 Å². The predicted octanol–water partition coefficient (Wildman–Crippen LogP) is 4.68. The van der Waals surface area contributed by atoms with Crippen molar-refractivity contribution in [1.29, 1.82) is 0 Å². The molecule has 2 N–H and O–H groups in total. The van der Waals surface area contributed by atoms with Crippen LogP contribution in [0.2, 0.25) is 0 Å². The van der Waals surface area contributed by atoms with Crippen molar-refractivity contribution in [2.75, 3.05) is 0 Å². The van der Waals surface area contributed by atoms with E-state index < -0.39 is 0 Å². The highest BCUT2D eigenvalue weighted by atomic mass is 79.9. The molecule has 0 aliphatic heterocycles. The molecular formula is C15H18BrNS. The highest BCUT2D eigenvalue weighted by Gasteiger charge is 2.15. The fourth-order valence-corrected chi connectivity index (χ4v) is 4.12. The minimum atomic E-state index is 0.0700. The third-order valence-corrected chi connectivity index (χ3v) is 5.15. The minimum Gasteiger partial charge on any atom is -0.324 e. The molecule has 0 spiro atoms. The Morgan fingerprint density at radius 1 is 1.22 bits per heavy atom. The lowest BCUT2D eigenvalue weighted by Gasteiger charge is -2.18. The molecule has 2 rings (SSSR count). The van der Waals surface area contributed by atoms with Crippen LogP contribution in [0.15, 0.2) is 28.1 Å². The summed E-state index contributed by atoms with van der Waals surface area (Å²) in [6.45, 7) is 6.43. The Kier molecular flexibility index (Phi) is 4.25. The van der Waals surface area contributed by atoms with Gasteiger partial charge in [-0.2, -0.15) is 0 Å². The van der Waals surface area contributed by atoms with Crippen LogP contribution in [-0.2, 0) is 6.42 Å². The van der Waals surface area contributed by atoms with Gasteiger partial charge in [-0.3, -0.25) is 0 Å². The van der Waals surface area contributed by atoms with Crippen molar-refractivity contribution in [3.05, 3.63) is 55.2 Å². The van der Waals surface area contributed by atoms with Crippen LogP contribution < -0.4 is 5.73 Å². The molecule has 0 radical (unpaired) electrons. The van der Waals surface area contributed by atoms with E-state index in [1.54, 1.807) is 11.3 Å². The third kappa shape index (κ3) is 2.85. The minimum absolute atomic E-state index is 0.0700. The van der Waals surface area contributed by atoms with Crippen LogP contribution in [0.5, 0.6) is 0 Å². The summed E-state index contributed by atoms with van der Waals surface area (Å²) in [6.07, 6.45) is 0.892. The zero-order valence-electron chi connectivity index (χ0n) is 11.0. The van der Waals surface area contributed by atoms with Gasteiger partial charge < -0.3 is 5.73 Å². The summed E-state index contributed by atoms with van der Waals surface area (Å²) in [5.74, 6) is 0. The zero-order valence-corrected chi connectivity index (χ0v) is 13.4. The van der Waals surface area contributed by atoms with Gasteiger partial charge in [0.05, 0.1) is 0 Å². The molecule has 96 valence electrons. The number of aryl methyl sites for hydroxylation is 3. The van der Waals surface area contributed by atoms with Crippen LogP contribution in [0.25, 0.3) is 0 Å². The summed E-state index contributed by atoms with van der Waals surface area (Å²) in [4.78, 5) is 1.32. The second-order valence-corrected chi connectivity index (χ2v) is 6.67. The van der Waals surface area contributed by atoms with E-state index in [1.165, 1.54) is 31.6 Å². The van der Waals surface area contributed by atoms with Gasteiger partial charge in [0.2, 0.25) is 0 Å². The SMILES string of the molecule is Cc1cc(C)c(C(N)Cc2sccc2Br)c(C)c1. The van der Waals surface area contributed by atoms with E-state index in [2.05, 4.69) is 60.3 Å². The summed E-state index contributed by atoms with van der Waals surface area (Å²) in [7, 11) is 0. The lowest BCUT2D eigenvalue weighted by molar-refractivity contribution is 0.717. The molecule has 1 nitrogen and oxygen atoms in total. The number of nitrogens with two attached hydrogens (primary N) is 1. The molecule has 2 aromatic rings. The summed E-state index contributed by atoms with van der Waals surface area (Å²) in [6, 6.07) is 6.58. The van der Waals surface area contributed by atoms with E-state index in [0.29, 0.717) is 0 Å². The van der Waals surface area contributed by atoms with Gasteiger partial charge >= 0.3 is 0 Å². The Hall–Kier alpha value is -0.640. The molecule has 1 aromatic carbocycles. The number of thiophene rings is 1. The summed E-state index contributed by atoms with van der Waals surface area (Å²) in [5, 5.41) is 2.10. The first-order valence-corrected chi connectivity index (χ1v) is 7.71. The van der Waals surface area contributed by atoms with Crippen LogP contribution in [0.1, 0.15) is 33.2 Å². The monoisotopic (exact) mass is 323 g/mol. The predicted molar refractivity (Wildman–Crippen MR) is 83.3 cm³/mol. The lowest BCUT2D eigenvalue weighted by atomic mass is 9.92. The first-order chi connectivity index (χ1) is 8.49. The molecule has 0 fully saturated rings. The number of rotatable bonds is 3. The van der Waals surface area contributed by atoms with Crippen LogP contribution in [0, 0.1) is 20.8 Å². The summed E-state index contributed by atoms with van der Waals surface area (Å²) >= 11 is 5.33. The number of benzene rings is 1. The molecule has 0 saturated carbocycles. The number of halogens is 1. The molecule has 0 aliphatic carbocycles. The van der Waals surface area contributed by atoms with Crippen LogP contribution in [0.4, 0.5) is 0 Å². The standard InChI is InChI=1S/C15H18BrNS/c1-9-6-10(2)15(11(3)7-9)13(17)8-14-12(16)4-5-18-14/h4-7,13H,8,17H2,1-3H3. The average molecular weight is 324 g/mol. The Balaban J connectivity index is 2.29. The molecule has 3 heteroatoms. The lowest BCUT2D eigenvalue weighted by Crippen LogP contribution is -2.16. The second-order valence-electron chi connectivity index (χ2n) is 4.81. The molecule has 0 saturated heterocycles. The molecule has 0 amide bonds. The van der Waals surface area contributed by atoms with E-state index in [9.17, 15) is 0 Å². The Labute approximate surface area is 121 Å². The number of hydrogen-bond donors (Lipinski definition) is 1. The smallest absolute Gasteiger partial charge is 0.0349 e. The summed E-state index contributed by atoms with van der Waals surface area (Å²) in [5.41, 5.74) is 11.6. The van der Waals surface area contributed by atoms with Crippen molar-refractivity contribution < 1.29 is 0 Å². The van der Waals surface area contributed by atoms with E-state index in [4.69, 9.17) is 5.73 Å². The number of hydrogen-bond acceptors (Lipinski definition) is 2. The quantitative estimate of drug-likeness (QED) is 0.872. The molecule has 1 aromatic heterocycles. The normalized spacial score (nSPS) is 12.7. The maximum atomic E-state index is 6.39. The van der Waals surface area contributed by atoms with E-state index >= 15 is 0 Å². The maximum Gasteiger partial charge on any atom is 0.0349 e. The van der Waals surface area contributed by atoms with Gasteiger partial charge in [0, 0.05) is 21.8 Å². The maximum absolute atomic E-state index is 6.39. The van der Waals surface area contributed by atoms with Gasteiger partial charge in [0.25, 0.3) is 0 Å². The van der Waals surface area contributed by atoms with Crippen molar-refractivity contribution in [2.45, 2.75) is 33.2 Å². The van der Waals surface area contributed by atoms with E-state index in [1.807, 2.05) is 0 Å². The molecule has 1 heterocycles. The van der Waals surface area contributed by atoms with Crippen LogP contribution in [-0.4, -0.2) is 0 Å². The zero-order chi connectivity index (χ0) is 13.3. The van der Waals surface area contributed by atoms with Crippen LogP contribution in [0.3, 0.4) is 0 Å². The van der Waals surface area contributed by atoms with Gasteiger partial charge in [0.15, 0.2) is 0 Å². The molecule has 0 bridgehead atoms.